The lowest BCUT2D eigenvalue weighted by Crippen LogP contribution is -2.31. The number of carbonyl (C=O) groups is 2. The summed E-state index contributed by atoms with van der Waals surface area (Å²) in [6.45, 7) is -0.225. The molecule has 0 fully saturated rings. The smallest absolute Gasteiger partial charge is 0.325 e. The Morgan fingerprint density at radius 2 is 1.62 bits per heavy atom. The summed E-state index contributed by atoms with van der Waals surface area (Å²) in [7, 11) is 0. The molecule has 4 aromatic rings. The number of pyridine rings is 1. The Balaban J connectivity index is 1.39. The molecule has 0 bridgehead atoms. The van der Waals surface area contributed by atoms with Crippen molar-refractivity contribution in [3.63, 3.8) is 0 Å². The van der Waals surface area contributed by atoms with Gasteiger partial charge in [0.15, 0.2) is 11.4 Å². The largest absolute Gasteiger partial charge is 0.505 e. The fourth-order valence-electron chi connectivity index (χ4n) is 3.07. The van der Waals surface area contributed by atoms with E-state index in [9.17, 15) is 14.7 Å². The maximum atomic E-state index is 12.4. The molecule has 0 atom stereocenters. The van der Waals surface area contributed by atoms with Gasteiger partial charge in [-0.15, -0.1) is 0 Å². The van der Waals surface area contributed by atoms with Crippen molar-refractivity contribution < 1.29 is 24.2 Å². The van der Waals surface area contributed by atoms with Crippen molar-refractivity contribution in [2.24, 2.45) is 0 Å². The van der Waals surface area contributed by atoms with Crippen molar-refractivity contribution in [1.82, 2.24) is 10.3 Å². The number of nitrogens with zero attached hydrogens (tertiary/aromatic N) is 1. The van der Waals surface area contributed by atoms with Crippen LogP contribution in [0.15, 0.2) is 85.1 Å². The SMILES string of the molecule is O=C(CNC(=O)c1ncc2cc(Oc3ccccc3)ccc2c1O)OCc1ccccc1. The minimum atomic E-state index is -0.675. The molecule has 1 heterocycles. The number of nitrogens with one attached hydrogen (secondary N) is 1. The monoisotopic (exact) mass is 428 g/mol. The van der Waals surface area contributed by atoms with Gasteiger partial charge in [0.2, 0.25) is 0 Å². The fourth-order valence-corrected chi connectivity index (χ4v) is 3.07. The van der Waals surface area contributed by atoms with E-state index in [4.69, 9.17) is 9.47 Å². The highest BCUT2D eigenvalue weighted by atomic mass is 16.5. The van der Waals surface area contributed by atoms with E-state index in [1.54, 1.807) is 18.2 Å². The second-order valence-electron chi connectivity index (χ2n) is 6.95. The number of hydrogen-bond donors (Lipinski definition) is 2. The lowest BCUT2D eigenvalue weighted by Gasteiger charge is -2.10. The second kappa shape index (κ2) is 9.61. The molecule has 3 aromatic carbocycles. The number of fused-ring (bicyclic) bond motifs is 1. The van der Waals surface area contributed by atoms with E-state index in [1.807, 2.05) is 60.7 Å². The zero-order valence-electron chi connectivity index (χ0n) is 17.0. The summed E-state index contributed by atoms with van der Waals surface area (Å²) >= 11 is 0. The molecule has 0 aliphatic rings. The molecule has 0 aliphatic heterocycles. The molecule has 0 saturated carbocycles. The number of para-hydroxylation sites is 1. The summed E-state index contributed by atoms with van der Waals surface area (Å²) in [6, 6.07) is 23.6. The van der Waals surface area contributed by atoms with Crippen LogP contribution in [0.3, 0.4) is 0 Å². The summed E-state index contributed by atoms with van der Waals surface area (Å²) in [5, 5.41) is 14.0. The molecule has 0 saturated heterocycles. The van der Waals surface area contributed by atoms with Crippen LogP contribution in [0.5, 0.6) is 17.2 Å². The minimum absolute atomic E-state index is 0.113. The number of ether oxygens (including phenoxy) is 2. The van der Waals surface area contributed by atoms with Crippen molar-refractivity contribution in [3.05, 3.63) is 96.3 Å². The van der Waals surface area contributed by atoms with Crippen LogP contribution in [0.4, 0.5) is 0 Å². The summed E-state index contributed by atoms with van der Waals surface area (Å²) in [5.41, 5.74) is 0.668. The molecular weight excluding hydrogens is 408 g/mol. The number of esters is 1. The third-order valence-electron chi connectivity index (χ3n) is 4.67. The predicted octanol–water partition coefficient (Wildman–Crippen LogP) is 4.21. The highest BCUT2D eigenvalue weighted by Crippen LogP contribution is 2.31. The Labute approximate surface area is 184 Å². The van der Waals surface area contributed by atoms with Gasteiger partial charge in [-0.2, -0.15) is 0 Å². The number of aromatic hydroxyl groups is 1. The third kappa shape index (κ3) is 5.02. The van der Waals surface area contributed by atoms with Gasteiger partial charge in [-0.05, 0) is 35.9 Å². The number of aromatic nitrogens is 1. The topological polar surface area (TPSA) is 97.8 Å². The lowest BCUT2D eigenvalue weighted by molar-refractivity contribution is -0.143. The van der Waals surface area contributed by atoms with E-state index >= 15 is 0 Å². The first kappa shape index (κ1) is 20.9. The zero-order valence-corrected chi connectivity index (χ0v) is 17.0. The van der Waals surface area contributed by atoms with Crippen LogP contribution < -0.4 is 10.1 Å². The Morgan fingerprint density at radius 1 is 0.906 bits per heavy atom. The van der Waals surface area contributed by atoms with E-state index < -0.39 is 11.9 Å². The molecule has 0 unspecified atom stereocenters. The molecule has 1 aromatic heterocycles. The molecule has 2 N–H and O–H groups in total. The number of rotatable bonds is 7. The van der Waals surface area contributed by atoms with E-state index in [-0.39, 0.29) is 24.6 Å². The highest BCUT2D eigenvalue weighted by Gasteiger charge is 2.17. The summed E-state index contributed by atoms with van der Waals surface area (Å²) in [6.07, 6.45) is 1.47. The number of hydrogen-bond acceptors (Lipinski definition) is 6. The van der Waals surface area contributed by atoms with Gasteiger partial charge in [-0.3, -0.25) is 9.59 Å². The van der Waals surface area contributed by atoms with Crippen LogP contribution in [0.25, 0.3) is 10.8 Å². The number of benzene rings is 3. The standard InChI is InChI=1S/C25H20N2O5/c28-22(31-16-17-7-3-1-4-8-17)15-27-25(30)23-24(29)21-12-11-20(13-18(21)14-26-23)32-19-9-5-2-6-10-19/h1-14,29H,15-16H2,(H,27,30). The molecule has 0 aliphatic carbocycles. The molecule has 0 spiro atoms. The average molecular weight is 428 g/mol. The minimum Gasteiger partial charge on any atom is -0.505 e. The Hall–Kier alpha value is -4.39. The molecule has 1 amide bonds. The zero-order chi connectivity index (χ0) is 22.3. The average Bonchev–Trinajstić information content (AvgIpc) is 2.83. The lowest BCUT2D eigenvalue weighted by atomic mass is 10.1. The number of amides is 1. The van der Waals surface area contributed by atoms with Crippen molar-refractivity contribution in [1.29, 1.82) is 0 Å². The summed E-state index contributed by atoms with van der Waals surface area (Å²) in [5.74, 6) is -0.290. The van der Waals surface area contributed by atoms with Gasteiger partial charge in [0.05, 0.1) is 0 Å². The molecule has 32 heavy (non-hydrogen) atoms. The Bertz CT molecular complexity index is 1240. The van der Waals surface area contributed by atoms with Crippen LogP contribution in [-0.4, -0.2) is 28.5 Å². The normalized spacial score (nSPS) is 10.5. The first-order valence-corrected chi connectivity index (χ1v) is 9.92. The van der Waals surface area contributed by atoms with Crippen molar-refractivity contribution in [2.45, 2.75) is 6.61 Å². The van der Waals surface area contributed by atoms with E-state index in [0.29, 0.717) is 22.3 Å². The van der Waals surface area contributed by atoms with Gasteiger partial charge in [0, 0.05) is 17.0 Å². The van der Waals surface area contributed by atoms with Crippen LogP contribution >= 0.6 is 0 Å². The molecule has 4 rings (SSSR count). The van der Waals surface area contributed by atoms with Gasteiger partial charge >= 0.3 is 5.97 Å². The van der Waals surface area contributed by atoms with Gasteiger partial charge in [-0.1, -0.05) is 48.5 Å². The molecule has 160 valence electrons. The van der Waals surface area contributed by atoms with Crippen LogP contribution in [0.2, 0.25) is 0 Å². The third-order valence-corrected chi connectivity index (χ3v) is 4.67. The highest BCUT2D eigenvalue weighted by molar-refractivity contribution is 6.02. The van der Waals surface area contributed by atoms with Gasteiger partial charge in [0.25, 0.3) is 5.91 Å². The first-order chi connectivity index (χ1) is 15.6. The van der Waals surface area contributed by atoms with Crippen molar-refractivity contribution >= 4 is 22.6 Å². The number of carbonyl (C=O) groups excluding carboxylic acids is 2. The molecular formula is C25H20N2O5. The fraction of sp³-hybridized carbons (Fsp3) is 0.0800. The van der Waals surface area contributed by atoms with Gasteiger partial charge in [-0.25, -0.2) is 4.98 Å². The van der Waals surface area contributed by atoms with E-state index in [0.717, 1.165) is 5.56 Å². The van der Waals surface area contributed by atoms with E-state index in [2.05, 4.69) is 10.3 Å². The molecule has 7 nitrogen and oxygen atoms in total. The maximum absolute atomic E-state index is 12.4. The van der Waals surface area contributed by atoms with Gasteiger partial charge < -0.3 is 19.9 Å². The maximum Gasteiger partial charge on any atom is 0.325 e. The van der Waals surface area contributed by atoms with Crippen molar-refractivity contribution in [3.8, 4) is 17.2 Å². The van der Waals surface area contributed by atoms with Crippen molar-refractivity contribution in [2.75, 3.05) is 6.54 Å². The van der Waals surface area contributed by atoms with Crippen LogP contribution in [0, 0.1) is 0 Å². The predicted molar refractivity (Wildman–Crippen MR) is 118 cm³/mol. The molecule has 7 heteroatoms. The Morgan fingerprint density at radius 3 is 2.38 bits per heavy atom. The summed E-state index contributed by atoms with van der Waals surface area (Å²) in [4.78, 5) is 28.4. The quantitative estimate of drug-likeness (QED) is 0.428. The first-order valence-electron chi connectivity index (χ1n) is 9.92. The second-order valence-corrected chi connectivity index (χ2v) is 6.95. The van der Waals surface area contributed by atoms with Crippen LogP contribution in [-0.2, 0) is 16.1 Å². The van der Waals surface area contributed by atoms with Gasteiger partial charge in [0.1, 0.15) is 24.7 Å². The van der Waals surface area contributed by atoms with E-state index in [1.165, 1.54) is 6.20 Å². The molecule has 0 radical (unpaired) electrons. The van der Waals surface area contributed by atoms with Crippen LogP contribution in [0.1, 0.15) is 16.1 Å². The summed E-state index contributed by atoms with van der Waals surface area (Å²) < 4.78 is 10.9. The Kier molecular flexibility index (Phi) is 6.27.